The molecule has 2 N–H and O–H groups in total. The molecule has 0 atom stereocenters. The van der Waals surface area contributed by atoms with Gasteiger partial charge in [0.2, 0.25) is 0 Å². The van der Waals surface area contributed by atoms with Crippen molar-refractivity contribution in [2.75, 3.05) is 5.73 Å². The third kappa shape index (κ3) is 3.15. The van der Waals surface area contributed by atoms with Crippen LogP contribution in [0.1, 0.15) is 5.56 Å². The molecule has 0 saturated carbocycles. The fourth-order valence-corrected chi connectivity index (χ4v) is 1.97. The van der Waals surface area contributed by atoms with Crippen LogP contribution in [0.25, 0.3) is 0 Å². The molecule has 0 aliphatic carbocycles. The Morgan fingerprint density at radius 3 is 2.78 bits per heavy atom. The van der Waals surface area contributed by atoms with Crippen LogP contribution in [0.2, 0.25) is 5.02 Å². The van der Waals surface area contributed by atoms with Gasteiger partial charge in [-0.15, -0.1) is 0 Å². The molecule has 18 heavy (non-hydrogen) atoms. The van der Waals surface area contributed by atoms with Crippen LogP contribution in [0.3, 0.4) is 0 Å². The second-order valence-electron chi connectivity index (χ2n) is 3.71. The van der Waals surface area contributed by atoms with E-state index in [0.717, 1.165) is 4.47 Å². The van der Waals surface area contributed by atoms with Gasteiger partial charge in [0.25, 0.3) is 0 Å². The van der Waals surface area contributed by atoms with Crippen LogP contribution in [0.5, 0.6) is 5.75 Å². The molecular weight excluding hydrogens is 321 g/mol. The first-order valence-electron chi connectivity index (χ1n) is 5.18. The summed E-state index contributed by atoms with van der Waals surface area (Å²) in [6, 6.07) is 9.40. The molecule has 2 nitrogen and oxygen atoms in total. The number of nitrogen functional groups attached to an aromatic ring is 1. The van der Waals surface area contributed by atoms with Crippen LogP contribution in [-0.4, -0.2) is 0 Å². The second-order valence-corrected chi connectivity index (χ2v) is 4.98. The molecule has 0 aliphatic heterocycles. The lowest BCUT2D eigenvalue weighted by molar-refractivity contribution is 0.304. The number of ether oxygens (including phenoxy) is 1. The fraction of sp³-hybridized carbons (Fsp3) is 0.0769. The van der Waals surface area contributed by atoms with E-state index in [1.807, 2.05) is 0 Å². The normalized spacial score (nSPS) is 10.4. The summed E-state index contributed by atoms with van der Waals surface area (Å²) in [6.07, 6.45) is 0. The van der Waals surface area contributed by atoms with E-state index in [-0.39, 0.29) is 12.4 Å². The summed E-state index contributed by atoms with van der Waals surface area (Å²) in [5.74, 6) is 0.250. The van der Waals surface area contributed by atoms with Gasteiger partial charge in [0.1, 0.15) is 18.2 Å². The van der Waals surface area contributed by atoms with E-state index >= 15 is 0 Å². The number of halogens is 3. The molecule has 0 fully saturated rings. The molecule has 0 bridgehead atoms. The minimum atomic E-state index is -0.343. The van der Waals surface area contributed by atoms with E-state index in [4.69, 9.17) is 22.1 Å². The zero-order chi connectivity index (χ0) is 13.1. The number of rotatable bonds is 3. The molecule has 0 aromatic heterocycles. The van der Waals surface area contributed by atoms with Crippen LogP contribution in [0.4, 0.5) is 10.1 Å². The van der Waals surface area contributed by atoms with E-state index < -0.39 is 0 Å². The Labute approximate surface area is 118 Å². The quantitative estimate of drug-likeness (QED) is 0.846. The van der Waals surface area contributed by atoms with Gasteiger partial charge < -0.3 is 10.5 Å². The van der Waals surface area contributed by atoms with Crippen LogP contribution in [0, 0.1) is 5.82 Å². The number of nitrogens with two attached hydrogens (primary N) is 1. The second kappa shape index (κ2) is 5.59. The highest BCUT2D eigenvalue weighted by molar-refractivity contribution is 9.10. The lowest BCUT2D eigenvalue weighted by Crippen LogP contribution is -1.98. The highest BCUT2D eigenvalue weighted by Gasteiger charge is 2.06. The average Bonchev–Trinajstić information content (AvgIpc) is 2.34. The predicted octanol–water partition coefficient (Wildman–Crippen LogP) is 4.40. The van der Waals surface area contributed by atoms with E-state index in [9.17, 15) is 4.39 Å². The molecule has 0 radical (unpaired) electrons. The van der Waals surface area contributed by atoms with Gasteiger partial charge in [0.05, 0.1) is 4.47 Å². The van der Waals surface area contributed by atoms with Gasteiger partial charge in [-0.3, -0.25) is 0 Å². The minimum absolute atomic E-state index is 0.179. The molecule has 2 rings (SSSR count). The largest absolute Gasteiger partial charge is 0.488 e. The van der Waals surface area contributed by atoms with Gasteiger partial charge in [-0.1, -0.05) is 11.6 Å². The van der Waals surface area contributed by atoms with Crippen molar-refractivity contribution < 1.29 is 9.13 Å². The summed E-state index contributed by atoms with van der Waals surface area (Å²) < 4.78 is 19.4. The van der Waals surface area contributed by atoms with Crippen molar-refractivity contribution in [3.63, 3.8) is 0 Å². The van der Waals surface area contributed by atoms with Crippen molar-refractivity contribution in [2.45, 2.75) is 6.61 Å². The first kappa shape index (κ1) is 13.2. The molecule has 0 amide bonds. The summed E-state index contributed by atoms with van der Waals surface area (Å²) in [5.41, 5.74) is 6.85. The van der Waals surface area contributed by atoms with Gasteiger partial charge in [-0.2, -0.15) is 0 Å². The predicted molar refractivity (Wildman–Crippen MR) is 74.3 cm³/mol. The minimum Gasteiger partial charge on any atom is -0.488 e. The van der Waals surface area contributed by atoms with Crippen molar-refractivity contribution in [1.29, 1.82) is 0 Å². The lowest BCUT2D eigenvalue weighted by Gasteiger charge is -2.10. The number of anilines is 1. The molecule has 94 valence electrons. The van der Waals surface area contributed by atoms with Crippen molar-refractivity contribution in [3.05, 3.63) is 57.3 Å². The van der Waals surface area contributed by atoms with Crippen LogP contribution >= 0.6 is 27.5 Å². The Balaban J connectivity index is 2.16. The van der Waals surface area contributed by atoms with Gasteiger partial charge >= 0.3 is 0 Å². The molecule has 5 heteroatoms. The highest BCUT2D eigenvalue weighted by atomic mass is 79.9. The smallest absolute Gasteiger partial charge is 0.136 e. The Morgan fingerprint density at radius 2 is 2.00 bits per heavy atom. The summed E-state index contributed by atoms with van der Waals surface area (Å²) in [5, 5.41) is 0.469. The highest BCUT2D eigenvalue weighted by Crippen LogP contribution is 2.28. The summed E-state index contributed by atoms with van der Waals surface area (Å²) in [4.78, 5) is 0. The lowest BCUT2D eigenvalue weighted by atomic mass is 10.2. The summed E-state index contributed by atoms with van der Waals surface area (Å²) in [7, 11) is 0. The maximum absolute atomic E-state index is 13.1. The third-order valence-electron chi connectivity index (χ3n) is 2.35. The van der Waals surface area contributed by atoms with Crippen LogP contribution < -0.4 is 10.5 Å². The first-order valence-corrected chi connectivity index (χ1v) is 6.35. The molecule has 0 heterocycles. The molecule has 2 aromatic carbocycles. The number of hydrogen-bond acceptors (Lipinski definition) is 2. The molecule has 2 aromatic rings. The maximum Gasteiger partial charge on any atom is 0.136 e. The van der Waals surface area contributed by atoms with Crippen molar-refractivity contribution in [1.82, 2.24) is 0 Å². The summed E-state index contributed by atoms with van der Waals surface area (Å²) >= 11 is 9.30. The SMILES string of the molecule is Nc1ccc(Br)c(OCc2cc(F)ccc2Cl)c1. The standard InChI is InChI=1S/C13H10BrClFNO/c14-11-3-2-10(17)6-13(11)18-7-8-5-9(16)1-4-12(8)15/h1-6H,7,17H2. The Kier molecular flexibility index (Phi) is 4.09. The fourth-order valence-electron chi connectivity index (χ4n) is 1.44. The van der Waals surface area contributed by atoms with Gasteiger partial charge in [0, 0.05) is 22.3 Å². The van der Waals surface area contributed by atoms with Crippen molar-refractivity contribution in [3.8, 4) is 5.75 Å². The zero-order valence-corrected chi connectivity index (χ0v) is 11.6. The van der Waals surface area contributed by atoms with E-state index in [2.05, 4.69) is 15.9 Å². The molecule has 0 spiro atoms. The van der Waals surface area contributed by atoms with Crippen molar-refractivity contribution in [2.24, 2.45) is 0 Å². The average molecular weight is 331 g/mol. The van der Waals surface area contributed by atoms with E-state index in [1.54, 1.807) is 18.2 Å². The summed E-state index contributed by atoms with van der Waals surface area (Å²) in [6.45, 7) is 0.179. The number of hydrogen-bond donors (Lipinski definition) is 1. The van der Waals surface area contributed by atoms with Crippen molar-refractivity contribution >= 4 is 33.2 Å². The van der Waals surface area contributed by atoms with E-state index in [0.29, 0.717) is 22.0 Å². The monoisotopic (exact) mass is 329 g/mol. The van der Waals surface area contributed by atoms with Gasteiger partial charge in [-0.05, 0) is 46.3 Å². The Bertz CT molecular complexity index is 525. The Morgan fingerprint density at radius 1 is 1.22 bits per heavy atom. The molecule has 0 aliphatic rings. The van der Waals surface area contributed by atoms with Crippen LogP contribution in [0.15, 0.2) is 40.9 Å². The van der Waals surface area contributed by atoms with Gasteiger partial charge in [0.15, 0.2) is 0 Å². The molecular formula is C13H10BrClFNO. The topological polar surface area (TPSA) is 35.2 Å². The first-order chi connectivity index (χ1) is 8.56. The maximum atomic E-state index is 13.1. The number of benzene rings is 2. The van der Waals surface area contributed by atoms with E-state index in [1.165, 1.54) is 18.2 Å². The third-order valence-corrected chi connectivity index (χ3v) is 3.37. The van der Waals surface area contributed by atoms with Gasteiger partial charge in [-0.25, -0.2) is 4.39 Å². The molecule has 0 unspecified atom stereocenters. The van der Waals surface area contributed by atoms with Crippen LogP contribution in [-0.2, 0) is 6.61 Å². The zero-order valence-electron chi connectivity index (χ0n) is 9.29. The Hall–Kier alpha value is -1.26. The molecule has 0 saturated heterocycles.